The van der Waals surface area contributed by atoms with E-state index in [4.69, 9.17) is 27.0 Å². The van der Waals surface area contributed by atoms with Gasteiger partial charge in [-0.3, -0.25) is 0 Å². The Balaban J connectivity index is 2.28. The molecule has 0 spiro atoms. The van der Waals surface area contributed by atoms with Crippen LogP contribution in [0.25, 0.3) is 11.6 Å². The third-order valence-corrected chi connectivity index (χ3v) is 2.14. The van der Waals surface area contributed by atoms with E-state index in [0.29, 0.717) is 10.7 Å². The first-order valence-electron chi connectivity index (χ1n) is 4.52. The summed E-state index contributed by atoms with van der Waals surface area (Å²) in [5.74, 6) is 0.491. The van der Waals surface area contributed by atoms with Gasteiger partial charge in [-0.1, -0.05) is 16.8 Å². The van der Waals surface area contributed by atoms with Crippen molar-refractivity contribution in [1.82, 2.24) is 15.1 Å². The normalized spacial score (nSPS) is 12.7. The first-order valence-corrected chi connectivity index (χ1v) is 4.90. The van der Waals surface area contributed by atoms with Gasteiger partial charge in [-0.25, -0.2) is 4.98 Å². The highest BCUT2D eigenvalue weighted by Gasteiger charge is 2.14. The van der Waals surface area contributed by atoms with E-state index in [1.807, 2.05) is 0 Å². The monoisotopic (exact) mass is 240 g/mol. The second-order valence-electron chi connectivity index (χ2n) is 3.11. The number of nitrogens with two attached hydrogens (primary N) is 1. The Labute approximate surface area is 96.1 Å². The lowest BCUT2D eigenvalue weighted by Gasteiger charge is -1.98. The summed E-state index contributed by atoms with van der Waals surface area (Å²) in [4.78, 5) is 8.03. The topological polar surface area (TPSA) is 98.1 Å². The zero-order valence-electron chi connectivity index (χ0n) is 8.17. The Morgan fingerprint density at radius 3 is 2.94 bits per heavy atom. The van der Waals surface area contributed by atoms with Crippen LogP contribution in [0, 0.1) is 0 Å². The molecule has 2 aromatic rings. The fourth-order valence-corrected chi connectivity index (χ4v) is 1.19. The van der Waals surface area contributed by atoms with Crippen molar-refractivity contribution in [1.29, 1.82) is 0 Å². The average Bonchev–Trinajstić information content (AvgIpc) is 2.78. The summed E-state index contributed by atoms with van der Waals surface area (Å²) >= 11 is 5.70. The van der Waals surface area contributed by atoms with Crippen LogP contribution >= 0.6 is 11.6 Å². The third-order valence-electron chi connectivity index (χ3n) is 1.92. The molecule has 84 valence electrons. The van der Waals surface area contributed by atoms with Crippen LogP contribution in [-0.4, -0.2) is 26.8 Å². The summed E-state index contributed by atoms with van der Waals surface area (Å²) < 4.78 is 4.96. The van der Waals surface area contributed by atoms with Crippen molar-refractivity contribution in [3.8, 4) is 11.6 Å². The maximum Gasteiger partial charge on any atom is 0.276 e. The molecule has 7 heteroatoms. The minimum absolute atomic E-state index is 0.243. The predicted molar refractivity (Wildman–Crippen MR) is 56.6 cm³/mol. The first kappa shape index (κ1) is 11.0. The lowest BCUT2D eigenvalue weighted by atomic mass is 10.3. The summed E-state index contributed by atoms with van der Waals surface area (Å²) in [5, 5.41) is 13.0. The maximum absolute atomic E-state index is 8.82. The van der Waals surface area contributed by atoms with Crippen LogP contribution in [0.3, 0.4) is 0 Å². The molecule has 0 amide bonds. The molecule has 0 aromatic carbocycles. The molecule has 0 aliphatic carbocycles. The van der Waals surface area contributed by atoms with Gasteiger partial charge in [-0.15, -0.1) is 0 Å². The summed E-state index contributed by atoms with van der Waals surface area (Å²) in [6.07, 6.45) is 1.48. The van der Waals surface area contributed by atoms with Crippen molar-refractivity contribution < 1.29 is 9.63 Å². The second kappa shape index (κ2) is 4.56. The molecule has 1 unspecified atom stereocenters. The van der Waals surface area contributed by atoms with Crippen LogP contribution in [-0.2, 0) is 0 Å². The quantitative estimate of drug-likeness (QED) is 0.823. The van der Waals surface area contributed by atoms with E-state index in [-0.39, 0.29) is 18.3 Å². The zero-order valence-corrected chi connectivity index (χ0v) is 8.92. The van der Waals surface area contributed by atoms with E-state index in [1.165, 1.54) is 6.20 Å². The molecule has 0 bridgehead atoms. The summed E-state index contributed by atoms with van der Waals surface area (Å²) in [5.41, 5.74) is 6.04. The fraction of sp³-hybridized carbons (Fsp3) is 0.222. The average molecular weight is 241 g/mol. The predicted octanol–water partition coefficient (Wildman–Crippen LogP) is 0.777. The molecule has 6 nitrogen and oxygen atoms in total. The molecule has 3 N–H and O–H groups in total. The first-order chi connectivity index (χ1) is 7.70. The number of pyridine rings is 1. The minimum Gasteiger partial charge on any atom is -0.394 e. The molecule has 0 saturated carbocycles. The Bertz CT molecular complexity index is 471. The molecule has 0 saturated heterocycles. The maximum atomic E-state index is 8.82. The smallest absolute Gasteiger partial charge is 0.276 e. The Morgan fingerprint density at radius 1 is 1.50 bits per heavy atom. The van der Waals surface area contributed by atoms with Crippen LogP contribution in [0.4, 0.5) is 0 Å². The molecule has 0 aliphatic rings. The van der Waals surface area contributed by atoms with Gasteiger partial charge in [0.05, 0.1) is 17.7 Å². The Kier molecular flexibility index (Phi) is 3.14. The van der Waals surface area contributed by atoms with Crippen LogP contribution in [0.2, 0.25) is 5.02 Å². The van der Waals surface area contributed by atoms with Crippen LogP contribution in [0.5, 0.6) is 0 Å². The van der Waals surface area contributed by atoms with Gasteiger partial charge >= 0.3 is 0 Å². The Hall–Kier alpha value is -1.50. The molecular formula is C9H9ClN4O2. The van der Waals surface area contributed by atoms with Gasteiger partial charge in [0, 0.05) is 6.20 Å². The lowest BCUT2D eigenvalue weighted by Crippen LogP contribution is -2.15. The van der Waals surface area contributed by atoms with Gasteiger partial charge in [-0.05, 0) is 12.1 Å². The zero-order chi connectivity index (χ0) is 11.5. The largest absolute Gasteiger partial charge is 0.394 e. The van der Waals surface area contributed by atoms with Crippen molar-refractivity contribution in [3.63, 3.8) is 0 Å². The lowest BCUT2D eigenvalue weighted by molar-refractivity contribution is 0.260. The van der Waals surface area contributed by atoms with E-state index in [2.05, 4.69) is 15.1 Å². The third kappa shape index (κ3) is 2.19. The van der Waals surface area contributed by atoms with E-state index in [9.17, 15) is 0 Å². The molecule has 0 radical (unpaired) electrons. The molecule has 2 aromatic heterocycles. The standard InChI is InChI=1S/C9H9ClN4O2/c10-5-1-2-7(12-3-5)9-13-8(14-16-9)6(11)4-15/h1-3,6,15H,4,11H2. The van der Waals surface area contributed by atoms with E-state index in [1.54, 1.807) is 12.1 Å². The van der Waals surface area contributed by atoms with E-state index in [0.717, 1.165) is 0 Å². The molecule has 0 aliphatic heterocycles. The van der Waals surface area contributed by atoms with Crippen LogP contribution in [0.1, 0.15) is 11.9 Å². The second-order valence-corrected chi connectivity index (χ2v) is 3.54. The van der Waals surface area contributed by atoms with Crippen LogP contribution < -0.4 is 5.73 Å². The summed E-state index contributed by atoms with van der Waals surface area (Å²) in [6.45, 7) is -0.243. The number of aromatic nitrogens is 3. The number of rotatable bonds is 3. The van der Waals surface area contributed by atoms with Crippen molar-refractivity contribution >= 4 is 11.6 Å². The number of nitrogens with zero attached hydrogens (tertiary/aromatic N) is 3. The summed E-state index contributed by atoms with van der Waals surface area (Å²) in [6, 6.07) is 2.67. The van der Waals surface area contributed by atoms with Gasteiger partial charge in [-0.2, -0.15) is 4.98 Å². The van der Waals surface area contributed by atoms with Crippen molar-refractivity contribution in [2.75, 3.05) is 6.61 Å². The number of aliphatic hydroxyl groups excluding tert-OH is 1. The van der Waals surface area contributed by atoms with Gasteiger partial charge in [0.15, 0.2) is 5.82 Å². The summed E-state index contributed by atoms with van der Waals surface area (Å²) in [7, 11) is 0. The van der Waals surface area contributed by atoms with E-state index >= 15 is 0 Å². The number of aliphatic hydroxyl groups is 1. The van der Waals surface area contributed by atoms with Crippen molar-refractivity contribution in [2.24, 2.45) is 5.73 Å². The molecule has 0 fully saturated rings. The number of hydrogen-bond donors (Lipinski definition) is 2. The van der Waals surface area contributed by atoms with Crippen LogP contribution in [0.15, 0.2) is 22.9 Å². The van der Waals surface area contributed by atoms with Crippen molar-refractivity contribution in [2.45, 2.75) is 6.04 Å². The minimum atomic E-state index is -0.648. The molecule has 2 heterocycles. The van der Waals surface area contributed by atoms with Gasteiger partial charge in [0.25, 0.3) is 5.89 Å². The van der Waals surface area contributed by atoms with Gasteiger partial charge < -0.3 is 15.4 Å². The number of halogens is 1. The molecular weight excluding hydrogens is 232 g/mol. The van der Waals surface area contributed by atoms with Crippen molar-refractivity contribution in [3.05, 3.63) is 29.2 Å². The van der Waals surface area contributed by atoms with Gasteiger partial charge in [0.1, 0.15) is 5.69 Å². The van der Waals surface area contributed by atoms with E-state index < -0.39 is 6.04 Å². The molecule has 1 atom stereocenters. The highest BCUT2D eigenvalue weighted by atomic mass is 35.5. The number of hydrogen-bond acceptors (Lipinski definition) is 6. The Morgan fingerprint density at radius 2 is 2.31 bits per heavy atom. The van der Waals surface area contributed by atoms with Gasteiger partial charge in [0.2, 0.25) is 0 Å². The molecule has 2 rings (SSSR count). The highest BCUT2D eigenvalue weighted by Crippen LogP contribution is 2.17. The fourth-order valence-electron chi connectivity index (χ4n) is 1.07. The highest BCUT2D eigenvalue weighted by molar-refractivity contribution is 6.30. The SMILES string of the molecule is NC(CO)c1noc(-c2ccc(Cl)cn2)n1. The molecule has 16 heavy (non-hydrogen) atoms.